The molecule has 1 aromatic carbocycles. The molecule has 1 aromatic heterocycles. The Hall–Kier alpha value is -2.35. The third-order valence-corrected chi connectivity index (χ3v) is 4.36. The molecule has 3 rings (SSSR count). The van der Waals surface area contributed by atoms with Gasteiger partial charge in [0, 0.05) is 37.4 Å². The van der Waals surface area contributed by atoms with Crippen molar-refractivity contribution in [3.05, 3.63) is 58.5 Å². The van der Waals surface area contributed by atoms with E-state index in [2.05, 4.69) is 4.98 Å². The number of rotatable bonds is 2. The predicted molar refractivity (Wildman–Crippen MR) is 88.8 cm³/mol. The smallest absolute Gasteiger partial charge is 0.353 e. The molecule has 0 spiro atoms. The fourth-order valence-electron chi connectivity index (χ4n) is 2.74. The van der Waals surface area contributed by atoms with Crippen LogP contribution in [0.4, 0.5) is 23.4 Å². The van der Waals surface area contributed by atoms with E-state index >= 15 is 0 Å². The van der Waals surface area contributed by atoms with Gasteiger partial charge in [0.15, 0.2) is 0 Å². The van der Waals surface area contributed by atoms with Gasteiger partial charge in [-0.1, -0.05) is 11.6 Å². The van der Waals surface area contributed by atoms with Gasteiger partial charge >= 0.3 is 6.18 Å². The summed E-state index contributed by atoms with van der Waals surface area (Å²) < 4.78 is 52.3. The number of hydrogen-bond donors (Lipinski definition) is 0. The van der Waals surface area contributed by atoms with Gasteiger partial charge in [-0.25, -0.2) is 9.37 Å². The largest absolute Gasteiger partial charge is 0.416 e. The molecule has 26 heavy (non-hydrogen) atoms. The average Bonchev–Trinajstić information content (AvgIpc) is 2.63. The van der Waals surface area contributed by atoms with Crippen molar-refractivity contribution in [3.63, 3.8) is 0 Å². The number of piperazine rings is 1. The minimum Gasteiger partial charge on any atom is -0.353 e. The lowest BCUT2D eigenvalue weighted by Crippen LogP contribution is -2.49. The van der Waals surface area contributed by atoms with E-state index in [4.69, 9.17) is 11.6 Å². The second-order valence-corrected chi connectivity index (χ2v) is 6.24. The summed E-state index contributed by atoms with van der Waals surface area (Å²) in [6, 6.07) is 5.63. The molecular formula is C17H14ClF4N3O. The van der Waals surface area contributed by atoms with Gasteiger partial charge < -0.3 is 9.80 Å². The van der Waals surface area contributed by atoms with Gasteiger partial charge in [-0.2, -0.15) is 13.2 Å². The third-order valence-electron chi connectivity index (χ3n) is 4.12. The lowest BCUT2D eigenvalue weighted by molar-refractivity contribution is -0.137. The van der Waals surface area contributed by atoms with Crippen molar-refractivity contribution in [2.24, 2.45) is 0 Å². The maximum atomic E-state index is 13.8. The molecule has 1 aliphatic rings. The van der Waals surface area contributed by atoms with Gasteiger partial charge in [0.05, 0.1) is 11.1 Å². The molecule has 0 aliphatic carbocycles. The monoisotopic (exact) mass is 387 g/mol. The summed E-state index contributed by atoms with van der Waals surface area (Å²) in [5.41, 5.74) is -0.898. The highest BCUT2D eigenvalue weighted by atomic mass is 35.5. The molecule has 1 fully saturated rings. The Balaban J connectivity index is 1.70. The van der Waals surface area contributed by atoms with E-state index in [1.54, 1.807) is 4.90 Å². The molecule has 0 atom stereocenters. The van der Waals surface area contributed by atoms with Gasteiger partial charge in [-0.3, -0.25) is 4.79 Å². The maximum Gasteiger partial charge on any atom is 0.416 e. The molecule has 9 heteroatoms. The lowest BCUT2D eigenvalue weighted by atomic mass is 10.1. The molecule has 4 nitrogen and oxygen atoms in total. The molecule has 1 aliphatic heterocycles. The highest BCUT2D eigenvalue weighted by Gasteiger charge is 2.32. The van der Waals surface area contributed by atoms with E-state index in [9.17, 15) is 22.4 Å². The number of anilines is 1. The maximum absolute atomic E-state index is 13.8. The number of carbonyl (C=O) groups is 1. The highest BCUT2D eigenvalue weighted by molar-refractivity contribution is 6.31. The second-order valence-electron chi connectivity index (χ2n) is 5.80. The number of aromatic nitrogens is 1. The van der Waals surface area contributed by atoms with Crippen LogP contribution in [0.3, 0.4) is 0 Å². The van der Waals surface area contributed by atoms with Crippen LogP contribution in [-0.2, 0) is 6.18 Å². The normalized spacial score (nSPS) is 15.3. The van der Waals surface area contributed by atoms with Crippen LogP contribution < -0.4 is 4.90 Å². The van der Waals surface area contributed by atoms with Crippen molar-refractivity contribution >= 4 is 23.3 Å². The average molecular weight is 388 g/mol. The van der Waals surface area contributed by atoms with Gasteiger partial charge in [-0.15, -0.1) is 0 Å². The van der Waals surface area contributed by atoms with Gasteiger partial charge in [0.25, 0.3) is 5.91 Å². The fraction of sp³-hybridized carbons (Fsp3) is 0.294. The summed E-state index contributed by atoms with van der Waals surface area (Å²) in [6.07, 6.45) is -3.34. The molecule has 0 N–H and O–H groups in total. The summed E-state index contributed by atoms with van der Waals surface area (Å²) in [4.78, 5) is 19.5. The summed E-state index contributed by atoms with van der Waals surface area (Å²) in [6.45, 7) is 1.07. The number of amides is 1. The Morgan fingerprint density at radius 1 is 1.08 bits per heavy atom. The van der Waals surface area contributed by atoms with Crippen LogP contribution in [0.2, 0.25) is 5.02 Å². The number of pyridine rings is 1. The molecule has 0 unspecified atom stereocenters. The standard InChI is InChI=1S/C17H14ClF4N3O/c18-12-1-2-14(19)13(10-12)16(26)25-7-5-24(6-8-25)15-9-11(3-4-23-15)17(20,21)22/h1-4,9-10H,5-8H2. The van der Waals surface area contributed by atoms with Gasteiger partial charge in [-0.05, 0) is 30.3 Å². The summed E-state index contributed by atoms with van der Waals surface area (Å²) in [5.74, 6) is -0.969. The SMILES string of the molecule is O=C(c1cc(Cl)ccc1F)N1CCN(c2cc(C(F)(F)F)ccn2)CC1. The van der Waals surface area contributed by atoms with E-state index < -0.39 is 23.5 Å². The topological polar surface area (TPSA) is 36.4 Å². The van der Waals surface area contributed by atoms with E-state index in [-0.39, 0.29) is 29.5 Å². The van der Waals surface area contributed by atoms with Crippen LogP contribution in [0.5, 0.6) is 0 Å². The molecule has 1 saturated heterocycles. The summed E-state index contributed by atoms with van der Waals surface area (Å²) >= 11 is 5.81. The van der Waals surface area contributed by atoms with Crippen LogP contribution in [0.1, 0.15) is 15.9 Å². The number of nitrogens with zero attached hydrogens (tertiary/aromatic N) is 3. The molecule has 0 bridgehead atoms. The first-order valence-electron chi connectivity index (χ1n) is 7.78. The van der Waals surface area contributed by atoms with Crippen LogP contribution in [0, 0.1) is 5.82 Å². The second kappa shape index (κ2) is 7.11. The van der Waals surface area contributed by atoms with Crippen molar-refractivity contribution in [2.45, 2.75) is 6.18 Å². The molecule has 1 amide bonds. The first kappa shape index (κ1) is 18.4. The van der Waals surface area contributed by atoms with Crippen LogP contribution >= 0.6 is 11.6 Å². The summed E-state index contributed by atoms with van der Waals surface area (Å²) in [7, 11) is 0. The molecule has 138 valence electrons. The molecule has 2 heterocycles. The number of benzene rings is 1. The highest BCUT2D eigenvalue weighted by Crippen LogP contribution is 2.31. The number of alkyl halides is 3. The predicted octanol–water partition coefficient (Wildman–Crippen LogP) is 3.86. The van der Waals surface area contributed by atoms with Crippen LogP contribution in [0.15, 0.2) is 36.5 Å². The molecule has 0 radical (unpaired) electrons. The van der Waals surface area contributed by atoms with Crippen LogP contribution in [-0.4, -0.2) is 42.0 Å². The Labute approximate surface area is 152 Å². The minimum atomic E-state index is -4.44. The van der Waals surface area contributed by atoms with Crippen molar-refractivity contribution in [1.29, 1.82) is 0 Å². The Kier molecular flexibility index (Phi) is 5.04. The van der Waals surface area contributed by atoms with Gasteiger partial charge in [0.2, 0.25) is 0 Å². The quantitative estimate of drug-likeness (QED) is 0.734. The van der Waals surface area contributed by atoms with Crippen molar-refractivity contribution in [1.82, 2.24) is 9.88 Å². The number of hydrogen-bond acceptors (Lipinski definition) is 3. The third kappa shape index (κ3) is 3.90. The molecular weight excluding hydrogens is 374 g/mol. The van der Waals surface area contributed by atoms with Gasteiger partial charge in [0.1, 0.15) is 11.6 Å². The first-order chi connectivity index (χ1) is 12.3. The number of halogens is 5. The summed E-state index contributed by atoms with van der Waals surface area (Å²) in [5, 5.41) is 0.251. The zero-order valence-corrected chi connectivity index (χ0v) is 14.2. The zero-order chi connectivity index (χ0) is 18.9. The fourth-order valence-corrected chi connectivity index (χ4v) is 2.91. The van der Waals surface area contributed by atoms with E-state index in [1.807, 2.05) is 0 Å². The van der Waals surface area contributed by atoms with Crippen molar-refractivity contribution in [2.75, 3.05) is 31.1 Å². The van der Waals surface area contributed by atoms with E-state index in [0.717, 1.165) is 24.4 Å². The Bertz CT molecular complexity index is 820. The zero-order valence-electron chi connectivity index (χ0n) is 13.4. The molecule has 2 aromatic rings. The molecule has 0 saturated carbocycles. The minimum absolute atomic E-state index is 0.122. The Morgan fingerprint density at radius 3 is 2.42 bits per heavy atom. The van der Waals surface area contributed by atoms with Crippen molar-refractivity contribution in [3.8, 4) is 0 Å². The van der Waals surface area contributed by atoms with Crippen molar-refractivity contribution < 1.29 is 22.4 Å². The number of carbonyl (C=O) groups excluding carboxylic acids is 1. The lowest BCUT2D eigenvalue weighted by Gasteiger charge is -2.35. The van der Waals surface area contributed by atoms with E-state index in [1.165, 1.54) is 17.0 Å². The van der Waals surface area contributed by atoms with Crippen LogP contribution in [0.25, 0.3) is 0 Å². The van der Waals surface area contributed by atoms with E-state index in [0.29, 0.717) is 13.1 Å². The first-order valence-corrected chi connectivity index (χ1v) is 8.16. The Morgan fingerprint density at radius 2 is 1.77 bits per heavy atom.